The number of hydrogen-bond donors (Lipinski definition) is 1. The Bertz CT molecular complexity index is 633. The standard InChI is InChI=1S/C16H23N5/c1-10-5-7-14(8-12(10)3)21-16(18-19-20-21)15-9-13(17)6-4-11(15)2/h4,6,9-10,12,14H,5,7-8,17H2,1-3H3. The molecule has 112 valence electrons. The molecule has 1 saturated carbocycles. The van der Waals surface area contributed by atoms with Crippen LogP contribution in [0.15, 0.2) is 18.2 Å². The molecule has 1 aromatic heterocycles. The second kappa shape index (κ2) is 5.47. The smallest absolute Gasteiger partial charge is 0.182 e. The van der Waals surface area contributed by atoms with E-state index in [1.807, 2.05) is 22.9 Å². The van der Waals surface area contributed by atoms with Gasteiger partial charge in [0.2, 0.25) is 0 Å². The summed E-state index contributed by atoms with van der Waals surface area (Å²) in [5, 5.41) is 12.4. The van der Waals surface area contributed by atoms with Crippen LogP contribution in [-0.4, -0.2) is 20.2 Å². The van der Waals surface area contributed by atoms with Crippen LogP contribution in [0.5, 0.6) is 0 Å². The number of aromatic nitrogens is 4. The fraction of sp³-hybridized carbons (Fsp3) is 0.562. The van der Waals surface area contributed by atoms with Gasteiger partial charge in [-0.05, 0) is 66.1 Å². The zero-order valence-electron chi connectivity index (χ0n) is 13.0. The van der Waals surface area contributed by atoms with Crippen LogP contribution in [0.1, 0.15) is 44.7 Å². The third-order valence-electron chi connectivity index (χ3n) is 4.91. The highest BCUT2D eigenvalue weighted by Crippen LogP contribution is 2.37. The minimum absolute atomic E-state index is 0.391. The van der Waals surface area contributed by atoms with E-state index >= 15 is 0 Å². The Morgan fingerprint density at radius 3 is 2.76 bits per heavy atom. The molecule has 3 rings (SSSR count). The van der Waals surface area contributed by atoms with Crippen molar-refractivity contribution in [2.45, 2.75) is 46.1 Å². The van der Waals surface area contributed by atoms with E-state index in [1.165, 1.54) is 6.42 Å². The molecule has 1 aromatic carbocycles. The summed E-state index contributed by atoms with van der Waals surface area (Å²) in [4.78, 5) is 0. The molecule has 0 amide bonds. The zero-order chi connectivity index (χ0) is 15.0. The fourth-order valence-electron chi connectivity index (χ4n) is 3.24. The van der Waals surface area contributed by atoms with Gasteiger partial charge >= 0.3 is 0 Å². The Balaban J connectivity index is 1.96. The third kappa shape index (κ3) is 2.64. The zero-order valence-corrected chi connectivity index (χ0v) is 13.0. The van der Waals surface area contributed by atoms with Crippen molar-refractivity contribution in [1.82, 2.24) is 20.2 Å². The van der Waals surface area contributed by atoms with E-state index < -0.39 is 0 Å². The van der Waals surface area contributed by atoms with Crippen LogP contribution in [0.3, 0.4) is 0 Å². The molecule has 1 aliphatic rings. The molecule has 0 aliphatic heterocycles. The fourth-order valence-corrected chi connectivity index (χ4v) is 3.24. The second-order valence-corrected chi connectivity index (χ2v) is 6.44. The lowest BCUT2D eigenvalue weighted by molar-refractivity contribution is 0.200. The van der Waals surface area contributed by atoms with E-state index in [4.69, 9.17) is 5.73 Å². The third-order valence-corrected chi connectivity index (χ3v) is 4.91. The van der Waals surface area contributed by atoms with Crippen molar-refractivity contribution in [3.05, 3.63) is 23.8 Å². The molecule has 21 heavy (non-hydrogen) atoms. The van der Waals surface area contributed by atoms with Gasteiger partial charge in [-0.25, -0.2) is 4.68 Å². The first-order chi connectivity index (χ1) is 10.1. The van der Waals surface area contributed by atoms with Crippen molar-refractivity contribution < 1.29 is 0 Å². The average molecular weight is 285 g/mol. The van der Waals surface area contributed by atoms with Gasteiger partial charge < -0.3 is 5.73 Å². The largest absolute Gasteiger partial charge is 0.399 e. The van der Waals surface area contributed by atoms with Gasteiger partial charge in [0.1, 0.15) is 0 Å². The van der Waals surface area contributed by atoms with Crippen molar-refractivity contribution in [3.8, 4) is 11.4 Å². The molecule has 0 bridgehead atoms. The van der Waals surface area contributed by atoms with Crippen molar-refractivity contribution in [3.63, 3.8) is 0 Å². The van der Waals surface area contributed by atoms with Crippen LogP contribution < -0.4 is 5.73 Å². The molecule has 3 unspecified atom stereocenters. The number of nitrogens with two attached hydrogens (primary N) is 1. The number of nitrogens with zero attached hydrogens (tertiary/aromatic N) is 4. The Hall–Kier alpha value is -1.91. The van der Waals surface area contributed by atoms with E-state index in [2.05, 4.69) is 36.3 Å². The van der Waals surface area contributed by atoms with Gasteiger partial charge in [-0.15, -0.1) is 5.10 Å². The summed E-state index contributed by atoms with van der Waals surface area (Å²) < 4.78 is 2.00. The molecular weight excluding hydrogens is 262 g/mol. The summed E-state index contributed by atoms with van der Waals surface area (Å²) in [6.45, 7) is 6.73. The number of nitrogen functional groups attached to an aromatic ring is 1. The van der Waals surface area contributed by atoms with Crippen molar-refractivity contribution in [2.75, 3.05) is 5.73 Å². The van der Waals surface area contributed by atoms with Crippen LogP contribution in [0.25, 0.3) is 11.4 Å². The van der Waals surface area contributed by atoms with Crippen LogP contribution in [0.2, 0.25) is 0 Å². The summed E-state index contributed by atoms with van der Waals surface area (Å²) >= 11 is 0. The van der Waals surface area contributed by atoms with Gasteiger partial charge in [0.15, 0.2) is 5.82 Å². The summed E-state index contributed by atoms with van der Waals surface area (Å²) in [6, 6.07) is 6.29. The molecule has 1 fully saturated rings. The maximum absolute atomic E-state index is 5.92. The Morgan fingerprint density at radius 2 is 2.00 bits per heavy atom. The molecule has 5 nitrogen and oxygen atoms in total. The quantitative estimate of drug-likeness (QED) is 0.860. The topological polar surface area (TPSA) is 69.6 Å². The van der Waals surface area contributed by atoms with E-state index in [-0.39, 0.29) is 0 Å². The molecule has 0 radical (unpaired) electrons. The summed E-state index contributed by atoms with van der Waals surface area (Å²) in [6.07, 6.45) is 3.52. The maximum atomic E-state index is 5.92. The maximum Gasteiger partial charge on any atom is 0.182 e. The highest BCUT2D eigenvalue weighted by Gasteiger charge is 2.28. The van der Waals surface area contributed by atoms with Crippen molar-refractivity contribution in [2.24, 2.45) is 11.8 Å². The van der Waals surface area contributed by atoms with Gasteiger partial charge in [-0.2, -0.15) is 0 Å². The lowest BCUT2D eigenvalue weighted by atomic mass is 9.79. The van der Waals surface area contributed by atoms with Crippen LogP contribution in [0, 0.1) is 18.8 Å². The van der Waals surface area contributed by atoms with Gasteiger partial charge in [0, 0.05) is 11.3 Å². The van der Waals surface area contributed by atoms with Crippen molar-refractivity contribution in [1.29, 1.82) is 0 Å². The van der Waals surface area contributed by atoms with Crippen molar-refractivity contribution >= 4 is 5.69 Å². The molecule has 5 heteroatoms. The molecular formula is C16H23N5. The minimum Gasteiger partial charge on any atom is -0.399 e. The first-order valence-electron chi connectivity index (χ1n) is 7.70. The normalized spacial score (nSPS) is 26.0. The van der Waals surface area contributed by atoms with E-state index in [0.29, 0.717) is 12.0 Å². The second-order valence-electron chi connectivity index (χ2n) is 6.44. The molecule has 1 heterocycles. The van der Waals surface area contributed by atoms with E-state index in [0.717, 1.165) is 41.4 Å². The highest BCUT2D eigenvalue weighted by molar-refractivity contribution is 5.65. The number of tetrazole rings is 1. The number of aryl methyl sites for hydroxylation is 1. The van der Waals surface area contributed by atoms with E-state index in [9.17, 15) is 0 Å². The Kier molecular flexibility index (Phi) is 3.66. The molecule has 2 aromatic rings. The van der Waals surface area contributed by atoms with E-state index in [1.54, 1.807) is 0 Å². The molecule has 2 N–H and O–H groups in total. The number of anilines is 1. The predicted molar refractivity (Wildman–Crippen MR) is 83.6 cm³/mol. The molecule has 1 aliphatic carbocycles. The number of hydrogen-bond acceptors (Lipinski definition) is 4. The first-order valence-corrected chi connectivity index (χ1v) is 7.70. The van der Waals surface area contributed by atoms with Gasteiger partial charge in [-0.1, -0.05) is 19.9 Å². The SMILES string of the molecule is Cc1ccc(N)cc1-c1nnnn1C1CCC(C)C(C)C1. The summed E-state index contributed by atoms with van der Waals surface area (Å²) in [5.41, 5.74) is 8.85. The first kappa shape index (κ1) is 14.0. The van der Waals surface area contributed by atoms with Gasteiger partial charge in [0.05, 0.1) is 6.04 Å². The molecule has 3 atom stereocenters. The predicted octanol–water partition coefficient (Wildman–Crippen LogP) is 3.23. The van der Waals surface area contributed by atoms with Crippen LogP contribution in [-0.2, 0) is 0 Å². The molecule has 0 spiro atoms. The number of benzene rings is 1. The number of rotatable bonds is 2. The monoisotopic (exact) mass is 285 g/mol. The molecule has 0 saturated heterocycles. The average Bonchev–Trinajstić information content (AvgIpc) is 2.93. The summed E-state index contributed by atoms with van der Waals surface area (Å²) in [5.74, 6) is 2.34. The van der Waals surface area contributed by atoms with Crippen LogP contribution in [0.4, 0.5) is 5.69 Å². The van der Waals surface area contributed by atoms with Gasteiger partial charge in [-0.3, -0.25) is 0 Å². The van der Waals surface area contributed by atoms with Crippen LogP contribution >= 0.6 is 0 Å². The lowest BCUT2D eigenvalue weighted by Crippen LogP contribution is -2.24. The highest BCUT2D eigenvalue weighted by atomic mass is 15.5. The summed E-state index contributed by atoms with van der Waals surface area (Å²) in [7, 11) is 0. The minimum atomic E-state index is 0.391. The lowest BCUT2D eigenvalue weighted by Gasteiger charge is -2.32. The Morgan fingerprint density at radius 1 is 1.19 bits per heavy atom. The van der Waals surface area contributed by atoms with Gasteiger partial charge in [0.25, 0.3) is 0 Å². The Labute approximate surface area is 125 Å².